The largest absolute Gasteiger partial charge is 0.494 e. The number of rotatable bonds is 12. The zero-order chi connectivity index (χ0) is 34.8. The molecular weight excluding hydrogens is 646 g/mol. The van der Waals surface area contributed by atoms with Crippen molar-refractivity contribution in [1.82, 2.24) is 14.0 Å². The Labute approximate surface area is 298 Å². The lowest BCUT2D eigenvalue weighted by molar-refractivity contribution is 0.0362. The molecule has 0 amide bonds. The summed E-state index contributed by atoms with van der Waals surface area (Å²) >= 11 is 6.38. The third-order valence-corrected chi connectivity index (χ3v) is 10.7. The van der Waals surface area contributed by atoms with Gasteiger partial charge in [0, 0.05) is 65.8 Å². The van der Waals surface area contributed by atoms with Crippen LogP contribution >= 0.6 is 11.6 Å². The van der Waals surface area contributed by atoms with E-state index in [0.717, 1.165) is 69.1 Å². The quantitative estimate of drug-likeness (QED) is 0.130. The smallest absolute Gasteiger partial charge is 0.352 e. The number of aryl methyl sites for hydroxylation is 4. The summed E-state index contributed by atoms with van der Waals surface area (Å²) in [6.07, 6.45) is 3.41. The van der Waals surface area contributed by atoms with Crippen LogP contribution in [-0.4, -0.2) is 64.6 Å². The van der Waals surface area contributed by atoms with Gasteiger partial charge in [0.15, 0.2) is 0 Å². The van der Waals surface area contributed by atoms with E-state index < -0.39 is 5.97 Å². The van der Waals surface area contributed by atoms with Crippen molar-refractivity contribution in [2.24, 2.45) is 0 Å². The first-order valence-electron chi connectivity index (χ1n) is 17.5. The second kappa shape index (κ2) is 14.7. The van der Waals surface area contributed by atoms with E-state index >= 15 is 0 Å². The second-order valence-corrected chi connectivity index (χ2v) is 13.7. The van der Waals surface area contributed by atoms with Crippen molar-refractivity contribution in [3.63, 3.8) is 0 Å². The molecule has 1 fully saturated rings. The standard InChI is InChI=1S/C42H44ClN3O4/c1-28-9-6-15-38-33(28)16-17-45(38)27-31-10-4-5-11-34(31)35-12-7-13-36-37(14-8-22-50-32-25-29(2)39(43)30(3)26-32)41(42(47)48)46(40(35)36)19-18-44-20-23-49-24-21-44/h4-7,9-13,15-17,25-26H,8,14,18-24,27H2,1-3H3,(H,47,48). The van der Waals surface area contributed by atoms with Crippen LogP contribution < -0.4 is 4.74 Å². The van der Waals surface area contributed by atoms with E-state index in [9.17, 15) is 9.90 Å². The molecule has 3 heterocycles. The predicted molar refractivity (Wildman–Crippen MR) is 202 cm³/mol. The Morgan fingerprint density at radius 1 is 0.860 bits per heavy atom. The molecule has 6 aromatic rings. The van der Waals surface area contributed by atoms with Gasteiger partial charge < -0.3 is 23.7 Å². The minimum atomic E-state index is -0.906. The van der Waals surface area contributed by atoms with Crippen molar-refractivity contribution in [1.29, 1.82) is 0 Å². The molecule has 1 saturated heterocycles. The van der Waals surface area contributed by atoms with Gasteiger partial charge in [0.25, 0.3) is 0 Å². The normalized spacial score (nSPS) is 13.8. The van der Waals surface area contributed by atoms with E-state index in [1.165, 1.54) is 22.0 Å². The van der Waals surface area contributed by atoms with Gasteiger partial charge in [0.2, 0.25) is 0 Å². The van der Waals surface area contributed by atoms with Gasteiger partial charge in [-0.1, -0.05) is 66.2 Å². The number of hydrogen-bond acceptors (Lipinski definition) is 4. The van der Waals surface area contributed by atoms with Crippen LogP contribution in [0, 0.1) is 20.8 Å². The number of benzene rings is 4. The fourth-order valence-electron chi connectivity index (χ4n) is 7.53. The summed E-state index contributed by atoms with van der Waals surface area (Å²) in [4.78, 5) is 15.6. The monoisotopic (exact) mass is 689 g/mol. The number of carboxylic acid groups (broad SMARTS) is 1. The lowest BCUT2D eigenvalue weighted by Gasteiger charge is -2.27. The SMILES string of the molecule is Cc1cc(OCCCc2c(C(=O)O)n(CCN3CCOCC3)c3c(-c4ccccc4Cn4ccc5c(C)cccc54)cccc23)cc(C)c1Cl. The summed E-state index contributed by atoms with van der Waals surface area (Å²) in [5.74, 6) is -0.128. The number of aromatic carboxylic acids is 1. The average molecular weight is 690 g/mol. The number of carboxylic acids is 1. The van der Waals surface area contributed by atoms with Gasteiger partial charge in [-0.15, -0.1) is 0 Å². The zero-order valence-electron chi connectivity index (χ0n) is 29.0. The number of para-hydroxylation sites is 1. The summed E-state index contributed by atoms with van der Waals surface area (Å²) < 4.78 is 16.1. The maximum absolute atomic E-state index is 13.2. The molecular formula is C42H44ClN3O4. The van der Waals surface area contributed by atoms with Crippen LogP contribution in [0.4, 0.5) is 0 Å². The third-order valence-electron chi connectivity index (χ3n) is 10.1. The summed E-state index contributed by atoms with van der Waals surface area (Å²) in [5, 5.41) is 13.8. The molecule has 2 aromatic heterocycles. The van der Waals surface area contributed by atoms with E-state index in [1.807, 2.05) is 26.0 Å². The van der Waals surface area contributed by atoms with Crippen LogP contribution in [0.15, 0.2) is 85.1 Å². The van der Waals surface area contributed by atoms with Gasteiger partial charge in [-0.2, -0.15) is 0 Å². The van der Waals surface area contributed by atoms with Gasteiger partial charge in [0.1, 0.15) is 11.4 Å². The highest BCUT2D eigenvalue weighted by molar-refractivity contribution is 6.32. The van der Waals surface area contributed by atoms with E-state index in [2.05, 4.69) is 93.9 Å². The molecule has 0 bridgehead atoms. The lowest BCUT2D eigenvalue weighted by Crippen LogP contribution is -2.38. The molecule has 8 heteroatoms. The van der Waals surface area contributed by atoms with E-state index in [-0.39, 0.29) is 0 Å². The number of ether oxygens (including phenoxy) is 2. The van der Waals surface area contributed by atoms with Gasteiger partial charge in [-0.25, -0.2) is 4.79 Å². The second-order valence-electron chi connectivity index (χ2n) is 13.4. The molecule has 0 unspecified atom stereocenters. The summed E-state index contributed by atoms with van der Waals surface area (Å²) in [6.45, 7) is 11.7. The number of fused-ring (bicyclic) bond motifs is 2. The Hall–Kier alpha value is -4.56. The number of aromatic nitrogens is 2. The van der Waals surface area contributed by atoms with Gasteiger partial charge in [0.05, 0.1) is 25.3 Å². The number of morpholine rings is 1. The van der Waals surface area contributed by atoms with Crippen LogP contribution in [0.2, 0.25) is 5.02 Å². The van der Waals surface area contributed by atoms with Crippen LogP contribution in [0.3, 0.4) is 0 Å². The summed E-state index contributed by atoms with van der Waals surface area (Å²) in [5.41, 5.74) is 9.94. The molecule has 258 valence electrons. The topological polar surface area (TPSA) is 68.9 Å². The molecule has 4 aromatic carbocycles. The molecule has 1 N–H and O–H groups in total. The fourth-order valence-corrected chi connectivity index (χ4v) is 7.64. The first-order valence-corrected chi connectivity index (χ1v) is 17.9. The molecule has 50 heavy (non-hydrogen) atoms. The Bertz CT molecular complexity index is 2150. The Balaban J connectivity index is 1.28. The summed E-state index contributed by atoms with van der Waals surface area (Å²) in [7, 11) is 0. The van der Waals surface area contributed by atoms with Crippen LogP contribution in [0.5, 0.6) is 5.75 Å². The van der Waals surface area contributed by atoms with Crippen molar-refractivity contribution in [2.45, 2.75) is 46.7 Å². The number of halogens is 1. The average Bonchev–Trinajstić information content (AvgIpc) is 3.68. The van der Waals surface area contributed by atoms with Gasteiger partial charge in [-0.3, -0.25) is 4.90 Å². The molecule has 1 aliphatic rings. The minimum absolute atomic E-state index is 0.364. The number of hydrogen-bond donors (Lipinski definition) is 1. The Morgan fingerprint density at radius 2 is 1.60 bits per heavy atom. The highest BCUT2D eigenvalue weighted by Crippen LogP contribution is 2.37. The van der Waals surface area contributed by atoms with E-state index in [1.54, 1.807) is 0 Å². The van der Waals surface area contributed by atoms with E-state index in [0.29, 0.717) is 51.4 Å². The fraction of sp³-hybridized carbons (Fsp3) is 0.310. The minimum Gasteiger partial charge on any atom is -0.494 e. The van der Waals surface area contributed by atoms with Crippen LogP contribution in [0.1, 0.15) is 44.7 Å². The molecule has 1 aliphatic heterocycles. The molecule has 0 aliphatic carbocycles. The molecule has 0 saturated carbocycles. The maximum Gasteiger partial charge on any atom is 0.352 e. The number of carbonyl (C=O) groups is 1. The molecule has 7 nitrogen and oxygen atoms in total. The maximum atomic E-state index is 13.2. The first kappa shape index (κ1) is 33.9. The highest BCUT2D eigenvalue weighted by Gasteiger charge is 2.26. The third kappa shape index (κ3) is 6.78. The van der Waals surface area contributed by atoms with Crippen LogP contribution in [0.25, 0.3) is 32.9 Å². The van der Waals surface area contributed by atoms with Crippen molar-refractivity contribution >= 4 is 39.4 Å². The van der Waals surface area contributed by atoms with Crippen molar-refractivity contribution in [3.8, 4) is 16.9 Å². The Morgan fingerprint density at radius 3 is 2.38 bits per heavy atom. The molecule has 0 spiro atoms. The van der Waals surface area contributed by atoms with Gasteiger partial charge >= 0.3 is 5.97 Å². The Kier molecular flexibility index (Phi) is 9.99. The van der Waals surface area contributed by atoms with Crippen molar-refractivity contribution in [2.75, 3.05) is 39.5 Å². The van der Waals surface area contributed by atoms with Crippen molar-refractivity contribution < 1.29 is 19.4 Å². The lowest BCUT2D eigenvalue weighted by atomic mass is 9.96. The highest BCUT2D eigenvalue weighted by atomic mass is 35.5. The van der Waals surface area contributed by atoms with E-state index in [4.69, 9.17) is 21.1 Å². The predicted octanol–water partition coefficient (Wildman–Crippen LogP) is 8.93. The molecule has 0 atom stereocenters. The molecule has 0 radical (unpaired) electrons. The van der Waals surface area contributed by atoms with Gasteiger partial charge in [-0.05, 0) is 91.3 Å². The summed E-state index contributed by atoms with van der Waals surface area (Å²) in [6, 6.07) is 27.4. The zero-order valence-corrected chi connectivity index (χ0v) is 29.8. The van der Waals surface area contributed by atoms with Crippen molar-refractivity contribution in [3.05, 3.63) is 124 Å². The van der Waals surface area contributed by atoms with Crippen LogP contribution in [-0.2, 0) is 24.2 Å². The number of nitrogens with zero attached hydrogens (tertiary/aromatic N) is 3. The first-order chi connectivity index (χ1) is 24.3. The molecule has 7 rings (SSSR count).